The number of ether oxygens (including phenoxy) is 1. The summed E-state index contributed by atoms with van der Waals surface area (Å²) in [7, 11) is 0. The molecule has 1 aliphatic carbocycles. The average molecular weight is 228 g/mol. The van der Waals surface area contributed by atoms with E-state index in [1.54, 1.807) is 0 Å². The van der Waals surface area contributed by atoms with Gasteiger partial charge in [0.05, 0.1) is 6.61 Å². The van der Waals surface area contributed by atoms with Gasteiger partial charge in [-0.3, -0.25) is 9.59 Å². The van der Waals surface area contributed by atoms with E-state index < -0.39 is 0 Å². The first kappa shape index (κ1) is 15.1. The maximum atomic E-state index is 10.5. The van der Waals surface area contributed by atoms with E-state index in [2.05, 4.69) is 6.92 Å². The fraction of sp³-hybridized carbons (Fsp3) is 0.846. The Bertz CT molecular complexity index is 191. The molecule has 0 aromatic heterocycles. The van der Waals surface area contributed by atoms with Crippen molar-refractivity contribution in [3.63, 3.8) is 0 Å². The van der Waals surface area contributed by atoms with Gasteiger partial charge in [0.1, 0.15) is 5.78 Å². The fourth-order valence-electron chi connectivity index (χ4n) is 1.51. The number of ketones is 1. The van der Waals surface area contributed by atoms with Gasteiger partial charge in [-0.1, -0.05) is 26.2 Å². The first-order valence-corrected chi connectivity index (χ1v) is 6.32. The molecule has 0 atom stereocenters. The summed E-state index contributed by atoms with van der Waals surface area (Å²) in [6.45, 7) is 4.14. The van der Waals surface area contributed by atoms with Crippen LogP contribution in [-0.4, -0.2) is 18.4 Å². The summed E-state index contributed by atoms with van der Waals surface area (Å²) in [5.74, 6) is 0.289. The van der Waals surface area contributed by atoms with Crippen LogP contribution in [-0.2, 0) is 14.3 Å². The average Bonchev–Trinajstić information content (AvgIpc) is 2.26. The van der Waals surface area contributed by atoms with Crippen LogP contribution in [0.15, 0.2) is 0 Å². The monoisotopic (exact) mass is 228 g/mol. The molecule has 0 bridgehead atoms. The van der Waals surface area contributed by atoms with Crippen LogP contribution in [0.1, 0.15) is 65.2 Å². The van der Waals surface area contributed by atoms with Crippen molar-refractivity contribution in [3.05, 3.63) is 0 Å². The molecule has 0 heterocycles. The van der Waals surface area contributed by atoms with Crippen LogP contribution >= 0.6 is 0 Å². The largest absolute Gasteiger partial charge is 0.466 e. The van der Waals surface area contributed by atoms with Crippen molar-refractivity contribution in [3.8, 4) is 0 Å². The summed E-state index contributed by atoms with van der Waals surface area (Å²) in [5.41, 5.74) is 0. The Morgan fingerprint density at radius 1 is 1.19 bits per heavy atom. The minimum atomic E-state index is -0.175. The molecule has 0 N–H and O–H groups in total. The maximum Gasteiger partial charge on any atom is 0.302 e. The van der Waals surface area contributed by atoms with Gasteiger partial charge >= 0.3 is 5.97 Å². The van der Waals surface area contributed by atoms with Crippen molar-refractivity contribution in [2.45, 2.75) is 65.2 Å². The van der Waals surface area contributed by atoms with E-state index in [-0.39, 0.29) is 5.97 Å². The smallest absolute Gasteiger partial charge is 0.302 e. The first-order valence-electron chi connectivity index (χ1n) is 6.32. The Kier molecular flexibility index (Phi) is 10.1. The molecule has 1 aliphatic rings. The van der Waals surface area contributed by atoms with Gasteiger partial charge in [-0.2, -0.15) is 0 Å². The van der Waals surface area contributed by atoms with Crippen LogP contribution in [0.4, 0.5) is 0 Å². The molecule has 0 unspecified atom stereocenters. The molecule has 3 heteroatoms. The standard InChI is InChI=1S/C7H14O2.C6H10O/c1-3-4-5-6-9-7(2)8;7-6-4-2-1-3-5-6/h3-6H2,1-2H3;1-5H2. The number of carbonyl (C=O) groups excluding carboxylic acids is 2. The quantitative estimate of drug-likeness (QED) is 0.548. The van der Waals surface area contributed by atoms with E-state index in [0.717, 1.165) is 38.5 Å². The van der Waals surface area contributed by atoms with Gasteiger partial charge in [0.15, 0.2) is 0 Å². The number of carbonyl (C=O) groups is 2. The molecule has 0 saturated heterocycles. The van der Waals surface area contributed by atoms with E-state index in [1.807, 2.05) is 0 Å². The lowest BCUT2D eigenvalue weighted by atomic mass is 10.00. The Morgan fingerprint density at radius 3 is 2.19 bits per heavy atom. The van der Waals surface area contributed by atoms with E-state index >= 15 is 0 Å². The van der Waals surface area contributed by atoms with Gasteiger partial charge in [-0.05, 0) is 19.3 Å². The number of esters is 1. The summed E-state index contributed by atoms with van der Waals surface area (Å²) >= 11 is 0. The molecule has 0 radical (unpaired) electrons. The highest BCUT2D eigenvalue weighted by Gasteiger charge is 2.05. The molecule has 3 nitrogen and oxygen atoms in total. The van der Waals surface area contributed by atoms with E-state index in [9.17, 15) is 9.59 Å². The first-order chi connectivity index (χ1) is 7.66. The zero-order valence-corrected chi connectivity index (χ0v) is 10.6. The molecule has 94 valence electrons. The van der Waals surface area contributed by atoms with Gasteiger partial charge in [0, 0.05) is 19.8 Å². The molecule has 0 spiro atoms. The molecule has 0 aromatic carbocycles. The lowest BCUT2D eigenvalue weighted by molar-refractivity contribution is -0.141. The lowest BCUT2D eigenvalue weighted by Crippen LogP contribution is -2.02. The van der Waals surface area contributed by atoms with E-state index in [4.69, 9.17) is 4.74 Å². The zero-order chi connectivity index (χ0) is 12.2. The highest BCUT2D eigenvalue weighted by molar-refractivity contribution is 5.78. The Balaban J connectivity index is 0.000000288. The minimum Gasteiger partial charge on any atom is -0.466 e. The second-order valence-electron chi connectivity index (χ2n) is 4.15. The number of unbranched alkanes of at least 4 members (excludes halogenated alkanes) is 2. The number of hydrogen-bond acceptors (Lipinski definition) is 3. The van der Waals surface area contributed by atoms with Gasteiger partial charge in [0.2, 0.25) is 0 Å². The molecule has 1 rings (SSSR count). The van der Waals surface area contributed by atoms with E-state index in [1.165, 1.54) is 19.8 Å². The van der Waals surface area contributed by atoms with Crippen LogP contribution in [0.25, 0.3) is 0 Å². The molecule has 16 heavy (non-hydrogen) atoms. The van der Waals surface area contributed by atoms with Crippen molar-refractivity contribution < 1.29 is 14.3 Å². The van der Waals surface area contributed by atoms with Crippen LogP contribution < -0.4 is 0 Å². The highest BCUT2D eigenvalue weighted by Crippen LogP contribution is 2.12. The summed E-state index contributed by atoms with van der Waals surface area (Å²) in [4.78, 5) is 20.6. The highest BCUT2D eigenvalue weighted by atomic mass is 16.5. The SMILES string of the molecule is CCCCCOC(C)=O.O=C1CCCCC1. The third-order valence-electron chi connectivity index (χ3n) is 2.46. The summed E-state index contributed by atoms with van der Waals surface area (Å²) in [6, 6.07) is 0. The predicted molar refractivity (Wildman–Crippen MR) is 64.3 cm³/mol. The Labute approximate surface area is 98.6 Å². The van der Waals surface area contributed by atoms with Crippen LogP contribution in [0.5, 0.6) is 0 Å². The normalized spacial score (nSPS) is 15.0. The van der Waals surface area contributed by atoms with Crippen LogP contribution in [0.3, 0.4) is 0 Å². The third-order valence-corrected chi connectivity index (χ3v) is 2.46. The van der Waals surface area contributed by atoms with E-state index in [0.29, 0.717) is 12.4 Å². The molecule has 0 amide bonds. The zero-order valence-electron chi connectivity index (χ0n) is 10.6. The number of rotatable bonds is 4. The van der Waals surface area contributed by atoms with Gasteiger partial charge < -0.3 is 4.74 Å². The van der Waals surface area contributed by atoms with Crippen molar-refractivity contribution in [2.75, 3.05) is 6.61 Å². The second kappa shape index (κ2) is 10.7. The van der Waals surface area contributed by atoms with Crippen LogP contribution in [0.2, 0.25) is 0 Å². The number of hydrogen-bond donors (Lipinski definition) is 0. The van der Waals surface area contributed by atoms with Crippen molar-refractivity contribution >= 4 is 11.8 Å². The minimum absolute atomic E-state index is 0.175. The van der Waals surface area contributed by atoms with Crippen LogP contribution in [0, 0.1) is 0 Å². The molecular weight excluding hydrogens is 204 g/mol. The summed E-state index contributed by atoms with van der Waals surface area (Å²) in [5, 5.41) is 0. The van der Waals surface area contributed by atoms with Crippen molar-refractivity contribution in [1.82, 2.24) is 0 Å². The van der Waals surface area contributed by atoms with Gasteiger partial charge in [-0.25, -0.2) is 0 Å². The summed E-state index contributed by atoms with van der Waals surface area (Å²) < 4.78 is 4.70. The van der Waals surface area contributed by atoms with Crippen molar-refractivity contribution in [2.24, 2.45) is 0 Å². The molecule has 1 saturated carbocycles. The Morgan fingerprint density at radius 2 is 1.81 bits per heavy atom. The molecule has 0 aromatic rings. The number of Topliss-reactive ketones (excluding diaryl/α,β-unsaturated/α-hetero) is 1. The Hall–Kier alpha value is -0.860. The third kappa shape index (κ3) is 11.2. The molecular formula is C13H24O3. The second-order valence-corrected chi connectivity index (χ2v) is 4.15. The van der Waals surface area contributed by atoms with Gasteiger partial charge in [-0.15, -0.1) is 0 Å². The topological polar surface area (TPSA) is 43.4 Å². The predicted octanol–water partition coefficient (Wildman–Crippen LogP) is 3.26. The fourth-order valence-corrected chi connectivity index (χ4v) is 1.51. The van der Waals surface area contributed by atoms with Crippen molar-refractivity contribution in [1.29, 1.82) is 0 Å². The lowest BCUT2D eigenvalue weighted by Gasteiger charge is -2.05. The summed E-state index contributed by atoms with van der Waals surface area (Å²) in [6.07, 6.45) is 8.55. The van der Waals surface area contributed by atoms with Gasteiger partial charge in [0.25, 0.3) is 0 Å². The molecule has 1 fully saturated rings. The molecule has 0 aliphatic heterocycles. The maximum absolute atomic E-state index is 10.5.